The Morgan fingerprint density at radius 1 is 1.29 bits per heavy atom. The smallest absolute Gasteiger partial charge is 0.464 e. The van der Waals surface area contributed by atoms with E-state index < -0.39 is 17.2 Å². The average molecular weight is 485 g/mol. The predicted octanol–water partition coefficient (Wildman–Crippen LogP) is 5.43. The molecule has 2 fully saturated rings. The van der Waals surface area contributed by atoms with Crippen molar-refractivity contribution in [3.8, 4) is 0 Å². The molecule has 2 aliphatic heterocycles. The maximum absolute atomic E-state index is 14.0. The van der Waals surface area contributed by atoms with Crippen LogP contribution in [-0.2, 0) is 20.7 Å². The van der Waals surface area contributed by atoms with Gasteiger partial charge in [-0.1, -0.05) is 12.2 Å². The first kappa shape index (κ1) is 25.5. The summed E-state index contributed by atoms with van der Waals surface area (Å²) in [6.45, 7) is 14.7. The number of hydrogen-bond acceptors (Lipinski definition) is 6. The quantitative estimate of drug-likeness (QED) is 0.271. The topological polar surface area (TPSA) is 81.0 Å². The third-order valence-corrected chi connectivity index (χ3v) is 7.45. The molecule has 1 spiro atoms. The second kappa shape index (κ2) is 10.2. The fourth-order valence-corrected chi connectivity index (χ4v) is 6.05. The standard InChI is InChI=1S/C28H40N2O5/c1-6-8-10-11-14-30-15-13-22-21-16-20(12-9-7-2)34-23(21)24-28(22,25(30)31)17-19(29-24)18-33-26(32)35-27(3,4)5/h6-7,16,19,22,24,29H,1-2,8-15,17-18H2,3-5H3/t19-,22+,24+,28+/m1/s1. The minimum Gasteiger partial charge on any atom is -0.464 e. The number of ether oxygens (including phenoxy) is 2. The first-order valence-corrected chi connectivity index (χ1v) is 12.9. The van der Waals surface area contributed by atoms with Gasteiger partial charge in [-0.3, -0.25) is 4.79 Å². The normalized spacial score (nSPS) is 27.2. The molecule has 1 N–H and O–H groups in total. The Morgan fingerprint density at radius 2 is 2.06 bits per heavy atom. The Bertz CT molecular complexity index is 961. The number of unbranched alkanes of at least 4 members (excludes halogenated alkanes) is 2. The lowest BCUT2D eigenvalue weighted by Crippen LogP contribution is -2.52. The van der Waals surface area contributed by atoms with E-state index in [1.54, 1.807) is 0 Å². The number of rotatable bonds is 10. The summed E-state index contributed by atoms with van der Waals surface area (Å²) in [6.07, 6.45) is 9.28. The van der Waals surface area contributed by atoms with Crippen molar-refractivity contribution in [3.63, 3.8) is 0 Å². The van der Waals surface area contributed by atoms with Crippen LogP contribution in [0.15, 0.2) is 35.8 Å². The Kier molecular flexibility index (Phi) is 7.46. The minimum atomic E-state index is -0.686. The molecule has 192 valence electrons. The van der Waals surface area contributed by atoms with Gasteiger partial charge < -0.3 is 24.1 Å². The molecule has 3 heterocycles. The van der Waals surface area contributed by atoms with Crippen molar-refractivity contribution < 1.29 is 23.5 Å². The summed E-state index contributed by atoms with van der Waals surface area (Å²) in [5.74, 6) is 2.14. The Hall–Kier alpha value is -2.54. The van der Waals surface area contributed by atoms with Crippen molar-refractivity contribution in [2.75, 3.05) is 19.7 Å². The zero-order valence-electron chi connectivity index (χ0n) is 21.4. The second-order valence-corrected chi connectivity index (χ2v) is 11.1. The zero-order chi connectivity index (χ0) is 25.2. The van der Waals surface area contributed by atoms with E-state index in [1.807, 2.05) is 37.8 Å². The third kappa shape index (κ3) is 5.06. The lowest BCUT2D eigenvalue weighted by atomic mass is 9.67. The fraction of sp³-hybridized carbons (Fsp3) is 0.643. The first-order valence-electron chi connectivity index (χ1n) is 12.9. The van der Waals surface area contributed by atoms with Crippen LogP contribution in [0.25, 0.3) is 0 Å². The van der Waals surface area contributed by atoms with E-state index in [0.717, 1.165) is 63.1 Å². The van der Waals surface area contributed by atoms with Gasteiger partial charge in [0.2, 0.25) is 5.91 Å². The van der Waals surface area contributed by atoms with Gasteiger partial charge in [-0.2, -0.15) is 0 Å². The van der Waals surface area contributed by atoms with E-state index in [0.29, 0.717) is 6.42 Å². The molecule has 1 aromatic heterocycles. The number of furan rings is 1. The largest absolute Gasteiger partial charge is 0.508 e. The Balaban J connectivity index is 1.54. The monoisotopic (exact) mass is 484 g/mol. The van der Waals surface area contributed by atoms with Gasteiger partial charge in [0.15, 0.2) is 0 Å². The number of aryl methyl sites for hydroxylation is 1. The highest BCUT2D eigenvalue weighted by molar-refractivity contribution is 5.88. The van der Waals surface area contributed by atoms with Crippen molar-refractivity contribution >= 4 is 12.1 Å². The lowest BCUT2D eigenvalue weighted by molar-refractivity contribution is -0.148. The van der Waals surface area contributed by atoms with Crippen LogP contribution >= 0.6 is 0 Å². The number of amides is 1. The van der Waals surface area contributed by atoms with Crippen molar-refractivity contribution in [1.82, 2.24) is 10.2 Å². The molecule has 0 bridgehead atoms. The number of likely N-dealkylation sites (tertiary alicyclic amines) is 1. The molecule has 7 nitrogen and oxygen atoms in total. The SMILES string of the molecule is C=CCCCCN1CC[C@H]2c3cc(CCC=C)oc3[C@@H]3N[C@@H](COC(=O)OC(C)(C)C)C[C@]23C1=O. The summed E-state index contributed by atoms with van der Waals surface area (Å²) in [5.41, 5.74) is -0.0339. The predicted molar refractivity (Wildman–Crippen MR) is 134 cm³/mol. The van der Waals surface area contributed by atoms with Crippen molar-refractivity contribution in [1.29, 1.82) is 0 Å². The molecule has 2 saturated heterocycles. The minimum absolute atomic E-state index is 0.111. The number of hydrogen-bond donors (Lipinski definition) is 1. The van der Waals surface area contributed by atoms with E-state index >= 15 is 0 Å². The van der Waals surface area contributed by atoms with Crippen molar-refractivity contribution in [2.45, 2.75) is 89.3 Å². The molecule has 0 radical (unpaired) electrons. The van der Waals surface area contributed by atoms with Gasteiger partial charge in [-0.15, -0.1) is 13.2 Å². The maximum atomic E-state index is 14.0. The molecule has 3 aliphatic rings. The third-order valence-electron chi connectivity index (χ3n) is 7.45. The molecule has 1 aromatic rings. The number of piperidine rings is 1. The van der Waals surface area contributed by atoms with E-state index in [9.17, 15) is 9.59 Å². The molecule has 4 atom stereocenters. The van der Waals surface area contributed by atoms with Crippen LogP contribution in [-0.4, -0.2) is 48.3 Å². The summed E-state index contributed by atoms with van der Waals surface area (Å²) in [7, 11) is 0. The highest BCUT2D eigenvalue weighted by Gasteiger charge is 2.66. The van der Waals surface area contributed by atoms with Crippen LogP contribution in [0.2, 0.25) is 0 Å². The van der Waals surface area contributed by atoms with Gasteiger partial charge in [0.05, 0.1) is 11.5 Å². The second-order valence-electron chi connectivity index (χ2n) is 11.1. The number of allylic oxidation sites excluding steroid dienone is 2. The summed E-state index contributed by atoms with van der Waals surface area (Å²) in [5, 5.41) is 3.61. The maximum Gasteiger partial charge on any atom is 0.508 e. The van der Waals surface area contributed by atoms with Gasteiger partial charge in [0.1, 0.15) is 23.7 Å². The van der Waals surface area contributed by atoms with E-state index in [2.05, 4.69) is 24.5 Å². The number of carbonyl (C=O) groups excluding carboxylic acids is 2. The summed E-state index contributed by atoms with van der Waals surface area (Å²) in [4.78, 5) is 28.2. The van der Waals surface area contributed by atoms with Gasteiger partial charge in [0.25, 0.3) is 0 Å². The fourth-order valence-electron chi connectivity index (χ4n) is 6.05. The van der Waals surface area contributed by atoms with Crippen molar-refractivity contribution in [3.05, 3.63) is 48.5 Å². The summed E-state index contributed by atoms with van der Waals surface area (Å²) < 4.78 is 17.1. The molecule has 0 unspecified atom stereocenters. The van der Waals surface area contributed by atoms with Crippen LogP contribution in [0.3, 0.4) is 0 Å². The molecule has 4 rings (SSSR count). The number of fused-ring (bicyclic) bond motifs is 3. The number of carbonyl (C=O) groups is 2. The van der Waals surface area contributed by atoms with E-state index in [-0.39, 0.29) is 30.5 Å². The van der Waals surface area contributed by atoms with Gasteiger partial charge in [0, 0.05) is 31.5 Å². The Labute approximate surface area is 208 Å². The van der Waals surface area contributed by atoms with Gasteiger partial charge in [-0.05, 0) is 70.9 Å². The van der Waals surface area contributed by atoms with Crippen LogP contribution in [0.1, 0.15) is 88.3 Å². The highest BCUT2D eigenvalue weighted by atomic mass is 16.7. The van der Waals surface area contributed by atoms with E-state index in [1.165, 1.54) is 5.56 Å². The molecule has 7 heteroatoms. The Morgan fingerprint density at radius 3 is 2.77 bits per heavy atom. The summed E-state index contributed by atoms with van der Waals surface area (Å²) >= 11 is 0. The number of nitrogens with one attached hydrogen (secondary N) is 1. The molecule has 1 amide bonds. The molecule has 1 aliphatic carbocycles. The van der Waals surface area contributed by atoms with Gasteiger partial charge >= 0.3 is 6.16 Å². The molecular formula is C28H40N2O5. The first-order chi connectivity index (χ1) is 16.7. The molecule has 35 heavy (non-hydrogen) atoms. The van der Waals surface area contributed by atoms with Crippen LogP contribution in [0.4, 0.5) is 4.79 Å². The van der Waals surface area contributed by atoms with Crippen LogP contribution in [0, 0.1) is 5.41 Å². The molecular weight excluding hydrogens is 444 g/mol. The van der Waals surface area contributed by atoms with Gasteiger partial charge in [-0.25, -0.2) is 4.79 Å². The van der Waals surface area contributed by atoms with E-state index in [4.69, 9.17) is 13.9 Å². The van der Waals surface area contributed by atoms with Crippen molar-refractivity contribution in [2.24, 2.45) is 5.41 Å². The summed E-state index contributed by atoms with van der Waals surface area (Å²) in [6, 6.07) is 1.80. The lowest BCUT2D eigenvalue weighted by Gasteiger charge is -2.43. The highest BCUT2D eigenvalue weighted by Crippen LogP contribution is 2.64. The number of nitrogens with zero attached hydrogens (tertiary/aromatic N) is 1. The molecule has 0 aromatic carbocycles. The average Bonchev–Trinajstić information content (AvgIpc) is 3.43. The zero-order valence-corrected chi connectivity index (χ0v) is 21.4. The molecule has 0 saturated carbocycles. The van der Waals surface area contributed by atoms with Crippen LogP contribution < -0.4 is 5.32 Å². The van der Waals surface area contributed by atoms with Crippen LogP contribution in [0.5, 0.6) is 0 Å².